The maximum Gasteiger partial charge on any atom is 0.0524 e. The van der Waals surface area contributed by atoms with Crippen LogP contribution in [0.3, 0.4) is 0 Å². The second-order valence-corrected chi connectivity index (χ2v) is 10.0. The molecule has 4 saturated carbocycles. The van der Waals surface area contributed by atoms with Crippen LogP contribution in [0.5, 0.6) is 0 Å². The zero-order chi connectivity index (χ0) is 18.9. The number of allylic oxidation sites excluding steroid dienone is 2. The molecule has 4 aliphatic rings. The van der Waals surface area contributed by atoms with E-state index in [4.69, 9.17) is 9.84 Å². The van der Waals surface area contributed by atoms with Crippen LogP contribution in [0.2, 0.25) is 0 Å². The summed E-state index contributed by atoms with van der Waals surface area (Å²) in [7, 11) is 2.95. The average molecular weight is 363 g/mol. The molecule has 0 saturated heterocycles. The van der Waals surface area contributed by atoms with E-state index < -0.39 is 0 Å². The smallest absolute Gasteiger partial charge is 0.0524 e. The quantitative estimate of drug-likeness (QED) is 0.625. The number of hydrogen-bond acceptors (Lipinski definition) is 2. The van der Waals surface area contributed by atoms with E-state index >= 15 is 0 Å². The minimum atomic E-state index is 0.518. The van der Waals surface area contributed by atoms with E-state index in [9.17, 15) is 0 Å². The molecule has 0 bridgehead atoms. The van der Waals surface area contributed by atoms with E-state index in [1.807, 2.05) is 7.11 Å². The van der Waals surface area contributed by atoms with Gasteiger partial charge in [0, 0.05) is 14.2 Å². The van der Waals surface area contributed by atoms with Crippen molar-refractivity contribution in [1.29, 1.82) is 0 Å². The Hall–Kier alpha value is -0.340. The van der Waals surface area contributed by atoms with E-state index in [0.29, 0.717) is 10.8 Å². The SMILES string of the molecule is C/C=C1/CCC2C3CCC4CC(C)CCC4(COC)C3CCC12C.CO. The molecule has 2 nitrogen and oxygen atoms in total. The summed E-state index contributed by atoms with van der Waals surface area (Å²) >= 11 is 0. The van der Waals surface area contributed by atoms with Gasteiger partial charge in [0.25, 0.3) is 0 Å². The lowest BCUT2D eigenvalue weighted by molar-refractivity contribution is -0.142. The summed E-state index contributed by atoms with van der Waals surface area (Å²) < 4.78 is 5.89. The van der Waals surface area contributed by atoms with Crippen LogP contribution in [0.15, 0.2) is 11.6 Å². The lowest BCUT2D eigenvalue weighted by Crippen LogP contribution is -2.55. The van der Waals surface area contributed by atoms with Gasteiger partial charge in [0.05, 0.1) is 6.61 Å². The van der Waals surface area contributed by atoms with Gasteiger partial charge < -0.3 is 9.84 Å². The Morgan fingerprint density at radius 3 is 2.54 bits per heavy atom. The number of hydrogen-bond donors (Lipinski definition) is 1. The Bertz CT molecular complexity index is 512. The molecule has 0 spiro atoms. The molecule has 0 aromatic heterocycles. The van der Waals surface area contributed by atoms with Crippen LogP contribution >= 0.6 is 0 Å². The van der Waals surface area contributed by atoms with Gasteiger partial charge >= 0.3 is 0 Å². The molecular weight excluding hydrogens is 320 g/mol. The fourth-order valence-electron chi connectivity index (χ4n) is 8.14. The molecule has 150 valence electrons. The minimum Gasteiger partial charge on any atom is -0.400 e. The molecular formula is C24H42O2. The van der Waals surface area contributed by atoms with Crippen LogP contribution in [-0.4, -0.2) is 25.9 Å². The normalized spacial score (nSPS) is 48.8. The number of rotatable bonds is 2. The first kappa shape index (κ1) is 20.4. The zero-order valence-electron chi connectivity index (χ0n) is 17.9. The highest BCUT2D eigenvalue weighted by molar-refractivity contribution is 5.23. The minimum absolute atomic E-state index is 0.518. The maximum atomic E-state index is 7.00. The van der Waals surface area contributed by atoms with Crippen molar-refractivity contribution >= 4 is 0 Å². The molecule has 26 heavy (non-hydrogen) atoms. The molecule has 0 heterocycles. The second kappa shape index (κ2) is 7.95. The van der Waals surface area contributed by atoms with Crippen molar-refractivity contribution in [3.63, 3.8) is 0 Å². The van der Waals surface area contributed by atoms with Crippen molar-refractivity contribution in [2.45, 2.75) is 78.6 Å². The molecule has 0 aliphatic heterocycles. The monoisotopic (exact) mass is 362 g/mol. The topological polar surface area (TPSA) is 29.5 Å². The Kier molecular flexibility index (Phi) is 6.24. The maximum absolute atomic E-state index is 7.00. The predicted octanol–water partition coefficient (Wildman–Crippen LogP) is 5.85. The number of aliphatic hydroxyl groups is 1. The van der Waals surface area contributed by atoms with E-state index in [1.54, 1.807) is 5.57 Å². The largest absolute Gasteiger partial charge is 0.400 e. The van der Waals surface area contributed by atoms with Gasteiger partial charge in [-0.05, 0) is 98.7 Å². The van der Waals surface area contributed by atoms with Gasteiger partial charge in [-0.1, -0.05) is 31.9 Å². The van der Waals surface area contributed by atoms with E-state index in [-0.39, 0.29) is 0 Å². The number of fused-ring (bicyclic) bond motifs is 5. The van der Waals surface area contributed by atoms with E-state index in [0.717, 1.165) is 43.3 Å². The van der Waals surface area contributed by atoms with Crippen LogP contribution in [-0.2, 0) is 4.74 Å². The summed E-state index contributed by atoms with van der Waals surface area (Å²) in [6.07, 6.45) is 15.5. The highest BCUT2D eigenvalue weighted by Gasteiger charge is 2.60. The van der Waals surface area contributed by atoms with Crippen LogP contribution in [0.4, 0.5) is 0 Å². The summed E-state index contributed by atoms with van der Waals surface area (Å²) in [5, 5.41) is 7.00. The first-order chi connectivity index (χ1) is 12.5. The van der Waals surface area contributed by atoms with Crippen molar-refractivity contribution in [3.8, 4) is 0 Å². The zero-order valence-corrected chi connectivity index (χ0v) is 17.9. The van der Waals surface area contributed by atoms with Gasteiger partial charge in [-0.15, -0.1) is 0 Å². The molecule has 1 N–H and O–H groups in total. The molecule has 7 atom stereocenters. The lowest BCUT2D eigenvalue weighted by Gasteiger charge is -2.61. The molecule has 4 aliphatic carbocycles. The van der Waals surface area contributed by atoms with Crippen LogP contribution in [0.1, 0.15) is 78.6 Å². The molecule has 0 amide bonds. The third-order valence-corrected chi connectivity index (χ3v) is 9.24. The highest BCUT2D eigenvalue weighted by atomic mass is 16.5. The Balaban J connectivity index is 0.000000948. The molecule has 0 aromatic rings. The first-order valence-corrected chi connectivity index (χ1v) is 11.1. The van der Waals surface area contributed by atoms with Crippen LogP contribution < -0.4 is 0 Å². The number of methoxy groups -OCH3 is 1. The Morgan fingerprint density at radius 2 is 1.85 bits per heavy atom. The molecule has 4 rings (SSSR count). The number of ether oxygens (including phenoxy) is 1. The van der Waals surface area contributed by atoms with Crippen molar-refractivity contribution < 1.29 is 9.84 Å². The van der Waals surface area contributed by atoms with Gasteiger partial charge in [0.15, 0.2) is 0 Å². The summed E-state index contributed by atoms with van der Waals surface area (Å²) in [5.74, 6) is 4.75. The third-order valence-electron chi connectivity index (χ3n) is 9.24. The van der Waals surface area contributed by atoms with Gasteiger partial charge in [-0.3, -0.25) is 0 Å². The summed E-state index contributed by atoms with van der Waals surface area (Å²) in [4.78, 5) is 0. The van der Waals surface area contributed by atoms with Crippen molar-refractivity contribution in [3.05, 3.63) is 11.6 Å². The van der Waals surface area contributed by atoms with E-state index in [1.165, 1.54) is 57.8 Å². The molecule has 0 aromatic carbocycles. The van der Waals surface area contributed by atoms with Gasteiger partial charge in [0.2, 0.25) is 0 Å². The van der Waals surface area contributed by atoms with Crippen LogP contribution in [0, 0.1) is 40.4 Å². The van der Waals surface area contributed by atoms with Crippen molar-refractivity contribution in [1.82, 2.24) is 0 Å². The van der Waals surface area contributed by atoms with Crippen LogP contribution in [0.25, 0.3) is 0 Å². The number of aliphatic hydroxyl groups excluding tert-OH is 1. The van der Waals surface area contributed by atoms with Crippen molar-refractivity contribution in [2.75, 3.05) is 20.8 Å². The summed E-state index contributed by atoms with van der Waals surface area (Å²) in [5.41, 5.74) is 2.83. The van der Waals surface area contributed by atoms with Gasteiger partial charge in [-0.2, -0.15) is 0 Å². The Morgan fingerprint density at radius 1 is 1.08 bits per heavy atom. The summed E-state index contributed by atoms with van der Waals surface area (Å²) in [6.45, 7) is 8.40. The van der Waals surface area contributed by atoms with Gasteiger partial charge in [0.1, 0.15) is 0 Å². The van der Waals surface area contributed by atoms with Gasteiger partial charge in [-0.25, -0.2) is 0 Å². The molecule has 7 unspecified atom stereocenters. The first-order valence-electron chi connectivity index (χ1n) is 11.1. The summed E-state index contributed by atoms with van der Waals surface area (Å²) in [6, 6.07) is 0. The Labute approximate surface area is 161 Å². The molecule has 2 heteroatoms. The van der Waals surface area contributed by atoms with Crippen molar-refractivity contribution in [2.24, 2.45) is 40.4 Å². The predicted molar refractivity (Wildman–Crippen MR) is 109 cm³/mol. The standard InChI is InChI=1S/C23H38O.CH4O/c1-5-17-7-9-20-19-8-6-18-14-16(2)10-13-23(18,15-24-4)21(19)11-12-22(17,20)3;1-2/h5,16,18-21H,6-15H2,1-4H3;2H,1H3/b17-5-;. The van der Waals surface area contributed by atoms with E-state index in [2.05, 4.69) is 26.8 Å². The molecule has 0 radical (unpaired) electrons. The highest BCUT2D eigenvalue weighted by Crippen LogP contribution is 2.67. The fourth-order valence-corrected chi connectivity index (χ4v) is 8.14. The third kappa shape index (κ3) is 3.00. The fraction of sp³-hybridized carbons (Fsp3) is 0.917. The average Bonchev–Trinajstić information content (AvgIpc) is 3.00. The lowest BCUT2D eigenvalue weighted by atomic mass is 9.44. The molecule has 4 fully saturated rings. The second-order valence-electron chi connectivity index (χ2n) is 10.0.